The van der Waals surface area contributed by atoms with Gasteiger partial charge in [0.25, 0.3) is 11.8 Å². The monoisotopic (exact) mass is 613 g/mol. The van der Waals surface area contributed by atoms with Gasteiger partial charge in [0.05, 0.1) is 25.2 Å². The first-order valence-electron chi connectivity index (χ1n) is 13.7. The lowest BCUT2D eigenvalue weighted by molar-refractivity contribution is -0.116. The summed E-state index contributed by atoms with van der Waals surface area (Å²) in [5.74, 6) is -0.580. The Morgan fingerprint density at radius 3 is 2.30 bits per heavy atom. The van der Waals surface area contributed by atoms with Gasteiger partial charge in [-0.05, 0) is 72.7 Å². The van der Waals surface area contributed by atoms with E-state index in [1.54, 1.807) is 73.8 Å². The molecule has 0 aliphatic rings. The van der Waals surface area contributed by atoms with Crippen LogP contribution < -0.4 is 25.4 Å². The van der Waals surface area contributed by atoms with Gasteiger partial charge in [0.15, 0.2) is 0 Å². The summed E-state index contributed by atoms with van der Waals surface area (Å²) < 4.78 is 24.1. The highest BCUT2D eigenvalue weighted by atomic mass is 32.2. The van der Waals surface area contributed by atoms with Crippen molar-refractivity contribution in [3.8, 4) is 11.5 Å². The molecule has 226 valence electrons. The SMILES string of the molecule is CCC(Sc1cccc(NC(=O)/C(=C/c2ccc(F)cc2)NC(=O)c2ccccc2)c1)C(=O)Nc1ccc(OC)cc1OC. The van der Waals surface area contributed by atoms with E-state index in [4.69, 9.17) is 9.47 Å². The van der Waals surface area contributed by atoms with Crippen LogP contribution in [0.5, 0.6) is 11.5 Å². The maximum atomic E-state index is 13.5. The van der Waals surface area contributed by atoms with Gasteiger partial charge in [-0.1, -0.05) is 43.3 Å². The summed E-state index contributed by atoms with van der Waals surface area (Å²) in [7, 11) is 3.07. The summed E-state index contributed by atoms with van der Waals surface area (Å²) in [6, 6.07) is 26.3. The molecule has 1 unspecified atom stereocenters. The lowest BCUT2D eigenvalue weighted by Crippen LogP contribution is -2.30. The van der Waals surface area contributed by atoms with Crippen molar-refractivity contribution in [3.05, 3.63) is 120 Å². The lowest BCUT2D eigenvalue weighted by atomic mass is 10.1. The number of thioether (sulfide) groups is 1. The van der Waals surface area contributed by atoms with E-state index in [0.29, 0.717) is 40.4 Å². The van der Waals surface area contributed by atoms with Crippen molar-refractivity contribution in [3.63, 3.8) is 0 Å². The molecule has 0 radical (unpaired) electrons. The molecule has 8 nitrogen and oxygen atoms in total. The molecule has 1 atom stereocenters. The Kier molecular flexibility index (Phi) is 11.1. The van der Waals surface area contributed by atoms with Crippen LogP contribution in [0.4, 0.5) is 15.8 Å². The highest BCUT2D eigenvalue weighted by Crippen LogP contribution is 2.32. The molecule has 10 heteroatoms. The molecule has 0 fully saturated rings. The molecule has 4 aromatic carbocycles. The number of halogens is 1. The largest absolute Gasteiger partial charge is 0.497 e. The van der Waals surface area contributed by atoms with E-state index < -0.39 is 22.9 Å². The van der Waals surface area contributed by atoms with Crippen molar-refractivity contribution < 1.29 is 28.2 Å². The Morgan fingerprint density at radius 2 is 1.61 bits per heavy atom. The molecule has 0 aliphatic carbocycles. The van der Waals surface area contributed by atoms with Crippen molar-refractivity contribution >= 4 is 46.9 Å². The third-order valence-corrected chi connectivity index (χ3v) is 7.77. The van der Waals surface area contributed by atoms with Crippen LogP contribution in [-0.4, -0.2) is 37.2 Å². The number of nitrogens with one attached hydrogen (secondary N) is 3. The molecule has 3 amide bonds. The molecule has 0 saturated carbocycles. The standard InChI is InChI=1S/C34H32FN3O5S/c1-4-31(34(41)37-28-18-17-26(42-2)21-30(28)43-3)44-27-12-8-11-25(20-27)36-33(40)29(19-22-13-15-24(35)16-14-22)38-32(39)23-9-6-5-7-10-23/h5-21,31H,4H2,1-3H3,(H,36,40)(H,37,41)(H,38,39)/b29-19-. The topological polar surface area (TPSA) is 106 Å². The zero-order chi connectivity index (χ0) is 31.5. The maximum Gasteiger partial charge on any atom is 0.272 e. The number of carbonyl (C=O) groups is 3. The quantitative estimate of drug-likeness (QED) is 0.120. The number of benzene rings is 4. The van der Waals surface area contributed by atoms with Crippen LogP contribution in [0.15, 0.2) is 108 Å². The molecule has 0 aromatic heterocycles. The Morgan fingerprint density at radius 1 is 0.864 bits per heavy atom. The second-order valence-electron chi connectivity index (χ2n) is 9.48. The summed E-state index contributed by atoms with van der Waals surface area (Å²) in [4.78, 5) is 40.2. The highest BCUT2D eigenvalue weighted by Gasteiger charge is 2.21. The van der Waals surface area contributed by atoms with Crippen molar-refractivity contribution in [2.45, 2.75) is 23.5 Å². The van der Waals surface area contributed by atoms with Crippen LogP contribution >= 0.6 is 11.8 Å². The molecule has 44 heavy (non-hydrogen) atoms. The summed E-state index contributed by atoms with van der Waals surface area (Å²) in [6.07, 6.45) is 2.01. The Labute approximate surface area is 259 Å². The predicted octanol–water partition coefficient (Wildman–Crippen LogP) is 6.76. The smallest absolute Gasteiger partial charge is 0.272 e. The first-order valence-corrected chi connectivity index (χ1v) is 14.6. The number of rotatable bonds is 12. The van der Waals surface area contributed by atoms with Crippen molar-refractivity contribution in [1.82, 2.24) is 5.32 Å². The number of hydrogen-bond donors (Lipinski definition) is 3. The minimum Gasteiger partial charge on any atom is -0.497 e. The van der Waals surface area contributed by atoms with Crippen LogP contribution in [-0.2, 0) is 9.59 Å². The summed E-state index contributed by atoms with van der Waals surface area (Å²) in [5.41, 5.74) is 1.87. The Bertz CT molecular complexity index is 1640. The fourth-order valence-electron chi connectivity index (χ4n) is 4.12. The van der Waals surface area contributed by atoms with Crippen LogP contribution in [0.25, 0.3) is 6.08 Å². The molecule has 3 N–H and O–H groups in total. The summed E-state index contributed by atoms with van der Waals surface area (Å²) in [6.45, 7) is 1.91. The lowest BCUT2D eigenvalue weighted by Gasteiger charge is -2.17. The third-order valence-electron chi connectivity index (χ3n) is 6.41. The zero-order valence-electron chi connectivity index (χ0n) is 24.4. The number of hydrogen-bond acceptors (Lipinski definition) is 6. The fourth-order valence-corrected chi connectivity index (χ4v) is 5.13. The van der Waals surface area contributed by atoms with Gasteiger partial charge < -0.3 is 25.4 Å². The number of ether oxygens (including phenoxy) is 2. The second-order valence-corrected chi connectivity index (χ2v) is 10.8. The molecule has 0 heterocycles. The van der Waals surface area contributed by atoms with E-state index in [9.17, 15) is 18.8 Å². The van der Waals surface area contributed by atoms with E-state index in [0.717, 1.165) is 4.90 Å². The van der Waals surface area contributed by atoms with Crippen molar-refractivity contribution in [2.24, 2.45) is 0 Å². The summed E-state index contributed by atoms with van der Waals surface area (Å²) in [5, 5.41) is 7.97. The van der Waals surface area contributed by atoms with Crippen molar-refractivity contribution in [1.29, 1.82) is 0 Å². The average Bonchev–Trinajstić information content (AvgIpc) is 3.04. The molecular formula is C34H32FN3O5S. The molecular weight excluding hydrogens is 581 g/mol. The third kappa shape index (κ3) is 8.71. The van der Waals surface area contributed by atoms with Crippen molar-refractivity contribution in [2.75, 3.05) is 24.9 Å². The number of carbonyl (C=O) groups excluding carboxylic acids is 3. The molecule has 0 aliphatic heterocycles. The highest BCUT2D eigenvalue weighted by molar-refractivity contribution is 8.00. The van der Waals surface area contributed by atoms with E-state index >= 15 is 0 Å². The second kappa shape index (κ2) is 15.4. The molecule has 4 aromatic rings. The number of methoxy groups -OCH3 is 2. The first kappa shape index (κ1) is 31.8. The number of amides is 3. The fraction of sp³-hybridized carbons (Fsp3) is 0.147. The molecule has 0 saturated heterocycles. The van der Waals surface area contributed by atoms with Gasteiger partial charge in [0.2, 0.25) is 5.91 Å². The van der Waals surface area contributed by atoms with Crippen LogP contribution in [0.3, 0.4) is 0 Å². The minimum absolute atomic E-state index is 0.0252. The minimum atomic E-state index is -0.572. The van der Waals surface area contributed by atoms with Crippen LogP contribution in [0.2, 0.25) is 0 Å². The van der Waals surface area contributed by atoms with Crippen LogP contribution in [0.1, 0.15) is 29.3 Å². The van der Waals surface area contributed by atoms with Crippen LogP contribution in [0, 0.1) is 5.82 Å². The van der Waals surface area contributed by atoms with Gasteiger partial charge in [-0.15, -0.1) is 11.8 Å². The van der Waals surface area contributed by atoms with Gasteiger partial charge in [0.1, 0.15) is 23.0 Å². The maximum absolute atomic E-state index is 13.5. The van der Waals surface area contributed by atoms with Gasteiger partial charge in [-0.3, -0.25) is 14.4 Å². The Hall–Kier alpha value is -5.09. The molecule has 4 rings (SSSR count). The zero-order valence-corrected chi connectivity index (χ0v) is 25.2. The number of anilines is 2. The Balaban J connectivity index is 1.49. The normalized spacial score (nSPS) is 11.7. The average molecular weight is 614 g/mol. The van der Waals surface area contributed by atoms with Gasteiger partial charge >= 0.3 is 0 Å². The van der Waals surface area contributed by atoms with E-state index in [2.05, 4.69) is 16.0 Å². The van der Waals surface area contributed by atoms with Gasteiger partial charge in [0, 0.05) is 22.2 Å². The van der Waals surface area contributed by atoms with E-state index in [1.165, 1.54) is 49.2 Å². The molecule has 0 bridgehead atoms. The first-order chi connectivity index (χ1) is 21.3. The summed E-state index contributed by atoms with van der Waals surface area (Å²) >= 11 is 1.35. The van der Waals surface area contributed by atoms with Gasteiger partial charge in [-0.25, -0.2) is 4.39 Å². The van der Waals surface area contributed by atoms with E-state index in [-0.39, 0.29) is 11.6 Å². The molecule has 0 spiro atoms. The van der Waals surface area contributed by atoms with E-state index in [1.807, 2.05) is 13.0 Å². The van der Waals surface area contributed by atoms with Gasteiger partial charge in [-0.2, -0.15) is 0 Å². The predicted molar refractivity (Wildman–Crippen MR) is 171 cm³/mol.